The lowest BCUT2D eigenvalue weighted by atomic mass is 10.2. The summed E-state index contributed by atoms with van der Waals surface area (Å²) in [4.78, 5) is 11.0. The van der Waals surface area contributed by atoms with Gasteiger partial charge in [0.05, 0.1) is 0 Å². The van der Waals surface area contributed by atoms with Gasteiger partial charge in [0.1, 0.15) is 11.5 Å². The summed E-state index contributed by atoms with van der Waals surface area (Å²) in [6.45, 7) is 0. The van der Waals surface area contributed by atoms with Crippen LogP contribution in [0, 0.1) is 0 Å². The summed E-state index contributed by atoms with van der Waals surface area (Å²) in [5.74, 6) is 0.736. The number of rotatable bonds is 3. The molecule has 1 amide bonds. The third-order valence-electron chi connectivity index (χ3n) is 2.23. The van der Waals surface area contributed by atoms with Gasteiger partial charge in [0.25, 0.3) is 0 Å². The molecule has 86 valence electrons. The van der Waals surface area contributed by atoms with Crippen LogP contribution in [0.1, 0.15) is 10.4 Å². The SMILES string of the molecule is NC(=O)c1cccc(Oc2ccc(N)cc2)c1. The number of nitrogens with two attached hydrogens (primary N) is 2. The molecule has 2 aromatic carbocycles. The number of hydrogen-bond acceptors (Lipinski definition) is 3. The van der Waals surface area contributed by atoms with Crippen LogP contribution in [0.2, 0.25) is 0 Å². The number of nitrogen functional groups attached to an aromatic ring is 1. The van der Waals surface area contributed by atoms with Crippen molar-refractivity contribution in [3.8, 4) is 11.5 Å². The number of anilines is 1. The van der Waals surface area contributed by atoms with Crippen molar-refractivity contribution in [1.82, 2.24) is 0 Å². The molecular weight excluding hydrogens is 216 g/mol. The Balaban J connectivity index is 2.21. The molecular formula is C13H12N2O2. The maximum absolute atomic E-state index is 11.0. The molecule has 4 nitrogen and oxygen atoms in total. The summed E-state index contributed by atoms with van der Waals surface area (Å²) in [7, 11) is 0. The Morgan fingerprint density at radius 2 is 1.71 bits per heavy atom. The maximum atomic E-state index is 11.0. The van der Waals surface area contributed by atoms with Crippen molar-refractivity contribution in [2.45, 2.75) is 0 Å². The summed E-state index contributed by atoms with van der Waals surface area (Å²) in [6.07, 6.45) is 0. The molecule has 0 aromatic heterocycles. The first-order valence-electron chi connectivity index (χ1n) is 5.08. The molecule has 0 saturated carbocycles. The lowest BCUT2D eigenvalue weighted by molar-refractivity contribution is 0.1000. The molecule has 0 atom stereocenters. The predicted molar refractivity (Wildman–Crippen MR) is 65.9 cm³/mol. The minimum Gasteiger partial charge on any atom is -0.457 e. The molecule has 0 radical (unpaired) electrons. The van der Waals surface area contributed by atoms with Crippen molar-refractivity contribution in [1.29, 1.82) is 0 Å². The fourth-order valence-electron chi connectivity index (χ4n) is 1.38. The number of hydrogen-bond donors (Lipinski definition) is 2. The van der Waals surface area contributed by atoms with Crippen molar-refractivity contribution in [2.24, 2.45) is 5.73 Å². The van der Waals surface area contributed by atoms with Crippen molar-refractivity contribution < 1.29 is 9.53 Å². The van der Waals surface area contributed by atoms with Gasteiger partial charge in [0, 0.05) is 11.3 Å². The molecule has 0 aliphatic heterocycles. The predicted octanol–water partition coefficient (Wildman–Crippen LogP) is 2.16. The van der Waals surface area contributed by atoms with Crippen LogP contribution >= 0.6 is 0 Å². The molecule has 0 spiro atoms. The average molecular weight is 228 g/mol. The van der Waals surface area contributed by atoms with Crippen molar-refractivity contribution in [3.05, 3.63) is 54.1 Å². The third kappa shape index (κ3) is 2.75. The Morgan fingerprint density at radius 1 is 1.00 bits per heavy atom. The van der Waals surface area contributed by atoms with Gasteiger partial charge < -0.3 is 16.2 Å². The van der Waals surface area contributed by atoms with Crippen molar-refractivity contribution in [2.75, 3.05) is 5.73 Å². The van der Waals surface area contributed by atoms with Gasteiger partial charge in [0.2, 0.25) is 5.91 Å². The lowest BCUT2D eigenvalue weighted by Crippen LogP contribution is -2.10. The van der Waals surface area contributed by atoms with E-state index in [1.165, 1.54) is 0 Å². The largest absolute Gasteiger partial charge is 0.457 e. The van der Waals surface area contributed by atoms with Crippen LogP contribution in [0.4, 0.5) is 5.69 Å². The van der Waals surface area contributed by atoms with Gasteiger partial charge in [-0.1, -0.05) is 6.07 Å². The Morgan fingerprint density at radius 3 is 2.35 bits per heavy atom. The highest BCUT2D eigenvalue weighted by Crippen LogP contribution is 2.22. The van der Waals surface area contributed by atoms with Gasteiger partial charge in [-0.3, -0.25) is 4.79 Å². The molecule has 0 heterocycles. The van der Waals surface area contributed by atoms with Crippen molar-refractivity contribution in [3.63, 3.8) is 0 Å². The van der Waals surface area contributed by atoms with Gasteiger partial charge in [-0.15, -0.1) is 0 Å². The zero-order chi connectivity index (χ0) is 12.3. The number of amides is 1. The van der Waals surface area contributed by atoms with Crippen molar-refractivity contribution >= 4 is 11.6 Å². The Bertz CT molecular complexity index is 535. The Kier molecular flexibility index (Phi) is 2.96. The summed E-state index contributed by atoms with van der Waals surface area (Å²) >= 11 is 0. The van der Waals surface area contributed by atoms with Gasteiger partial charge >= 0.3 is 0 Å². The van der Waals surface area contributed by atoms with E-state index in [1.807, 2.05) is 0 Å². The van der Waals surface area contributed by atoms with Crippen LogP contribution < -0.4 is 16.2 Å². The molecule has 0 aliphatic rings. The molecule has 0 fully saturated rings. The average Bonchev–Trinajstić information content (AvgIpc) is 2.32. The smallest absolute Gasteiger partial charge is 0.248 e. The molecule has 0 aliphatic carbocycles. The van der Waals surface area contributed by atoms with Gasteiger partial charge in [-0.2, -0.15) is 0 Å². The van der Waals surface area contributed by atoms with Crippen LogP contribution in [-0.4, -0.2) is 5.91 Å². The van der Waals surface area contributed by atoms with E-state index < -0.39 is 5.91 Å². The summed E-state index contributed by atoms with van der Waals surface area (Å²) in [6, 6.07) is 13.7. The highest BCUT2D eigenvalue weighted by molar-refractivity contribution is 5.93. The van der Waals surface area contributed by atoms with Crippen LogP contribution in [0.5, 0.6) is 11.5 Å². The highest BCUT2D eigenvalue weighted by Gasteiger charge is 2.02. The van der Waals surface area contributed by atoms with Gasteiger partial charge in [-0.05, 0) is 42.5 Å². The quantitative estimate of drug-likeness (QED) is 0.790. The topological polar surface area (TPSA) is 78.3 Å². The number of carbonyl (C=O) groups excluding carboxylic acids is 1. The highest BCUT2D eigenvalue weighted by atomic mass is 16.5. The van der Waals surface area contributed by atoms with E-state index in [9.17, 15) is 4.79 Å². The minimum absolute atomic E-state index is 0.415. The van der Waals surface area contributed by atoms with E-state index >= 15 is 0 Å². The normalized spacial score (nSPS) is 9.88. The number of benzene rings is 2. The second kappa shape index (κ2) is 4.57. The zero-order valence-electron chi connectivity index (χ0n) is 9.09. The van der Waals surface area contributed by atoms with Crippen LogP contribution in [0.25, 0.3) is 0 Å². The van der Waals surface area contributed by atoms with E-state index in [-0.39, 0.29) is 0 Å². The first kappa shape index (κ1) is 11.0. The summed E-state index contributed by atoms with van der Waals surface area (Å²) < 4.78 is 5.56. The first-order valence-corrected chi connectivity index (χ1v) is 5.08. The molecule has 0 unspecified atom stereocenters. The summed E-state index contributed by atoms with van der Waals surface area (Å²) in [5, 5.41) is 0. The van der Waals surface area contributed by atoms with Crippen LogP contribution in [-0.2, 0) is 0 Å². The number of carbonyl (C=O) groups is 1. The Labute approximate surface area is 98.8 Å². The zero-order valence-corrected chi connectivity index (χ0v) is 9.09. The summed E-state index contributed by atoms with van der Waals surface area (Å²) in [5.41, 5.74) is 11.8. The lowest BCUT2D eigenvalue weighted by Gasteiger charge is -2.06. The monoisotopic (exact) mass is 228 g/mol. The van der Waals surface area contributed by atoms with E-state index in [0.29, 0.717) is 22.7 Å². The molecule has 2 rings (SSSR count). The second-order valence-electron chi connectivity index (χ2n) is 3.56. The Hall–Kier alpha value is -2.49. The second-order valence-corrected chi connectivity index (χ2v) is 3.56. The van der Waals surface area contributed by atoms with E-state index in [4.69, 9.17) is 16.2 Å². The third-order valence-corrected chi connectivity index (χ3v) is 2.23. The number of ether oxygens (including phenoxy) is 1. The van der Waals surface area contributed by atoms with Gasteiger partial charge in [0.15, 0.2) is 0 Å². The molecule has 4 heteroatoms. The first-order chi connectivity index (χ1) is 8.15. The van der Waals surface area contributed by atoms with E-state index in [1.54, 1.807) is 48.5 Å². The maximum Gasteiger partial charge on any atom is 0.248 e. The molecule has 0 saturated heterocycles. The van der Waals surface area contributed by atoms with Gasteiger partial charge in [-0.25, -0.2) is 0 Å². The van der Waals surface area contributed by atoms with Crippen LogP contribution in [0.15, 0.2) is 48.5 Å². The molecule has 17 heavy (non-hydrogen) atoms. The molecule has 2 aromatic rings. The number of primary amides is 1. The van der Waals surface area contributed by atoms with E-state index in [0.717, 1.165) is 0 Å². The fourth-order valence-corrected chi connectivity index (χ4v) is 1.38. The van der Waals surface area contributed by atoms with Crippen LogP contribution in [0.3, 0.4) is 0 Å². The molecule has 4 N–H and O–H groups in total. The fraction of sp³-hybridized carbons (Fsp3) is 0. The van der Waals surface area contributed by atoms with E-state index in [2.05, 4.69) is 0 Å². The minimum atomic E-state index is -0.479. The molecule has 0 bridgehead atoms. The standard InChI is InChI=1S/C13H12N2O2/c14-10-4-6-11(7-5-10)17-12-3-1-2-9(8-12)13(15)16/h1-8H,14H2,(H2,15,16).